The maximum atomic E-state index is 13.1. The van der Waals surface area contributed by atoms with Crippen molar-refractivity contribution in [3.05, 3.63) is 36.4 Å². The molecule has 2 aromatic rings. The summed E-state index contributed by atoms with van der Waals surface area (Å²) < 4.78 is 0. The molecule has 33 heavy (non-hydrogen) atoms. The molecule has 3 heterocycles. The number of imidazole rings is 2. The van der Waals surface area contributed by atoms with Crippen molar-refractivity contribution in [1.82, 2.24) is 35.5 Å². The van der Waals surface area contributed by atoms with Crippen LogP contribution in [0.1, 0.15) is 31.2 Å². The number of aromatic amines is 2. The number of nitrogens with two attached hydrogens (primary N) is 1. The van der Waals surface area contributed by atoms with Crippen LogP contribution in [0.5, 0.6) is 0 Å². The molecule has 1 fully saturated rings. The van der Waals surface area contributed by atoms with E-state index in [2.05, 4.69) is 30.6 Å². The van der Waals surface area contributed by atoms with Crippen LogP contribution in [0.2, 0.25) is 0 Å². The number of hydrogen-bond acceptors (Lipinski definition) is 7. The minimum Gasteiger partial charge on any atom is -0.480 e. The first kappa shape index (κ1) is 23.9. The number of rotatable bonds is 10. The Labute approximate surface area is 189 Å². The normalized spacial score (nSPS) is 18.4. The highest BCUT2D eigenvalue weighted by Crippen LogP contribution is 2.19. The fourth-order valence-electron chi connectivity index (χ4n) is 3.71. The minimum atomic E-state index is -1.08. The highest BCUT2D eigenvalue weighted by Gasteiger charge is 2.38. The Balaban J connectivity index is 1.64. The molecule has 0 aliphatic carbocycles. The van der Waals surface area contributed by atoms with Crippen LogP contribution in [-0.4, -0.2) is 84.3 Å². The third kappa shape index (κ3) is 6.16. The van der Waals surface area contributed by atoms with Crippen LogP contribution in [0.25, 0.3) is 0 Å². The van der Waals surface area contributed by atoms with Crippen molar-refractivity contribution in [3.8, 4) is 0 Å². The number of likely N-dealkylation sites (tertiary alicyclic amines) is 1. The Bertz CT molecular complexity index is 961. The molecule has 13 nitrogen and oxygen atoms in total. The molecule has 3 rings (SSSR count). The molecule has 3 amide bonds. The minimum absolute atomic E-state index is 0.0907. The van der Waals surface area contributed by atoms with E-state index in [1.54, 1.807) is 6.20 Å². The first-order chi connectivity index (χ1) is 15.8. The van der Waals surface area contributed by atoms with Crippen LogP contribution >= 0.6 is 0 Å². The number of carboxylic acid groups (broad SMARTS) is 1. The predicted molar refractivity (Wildman–Crippen MR) is 114 cm³/mol. The van der Waals surface area contributed by atoms with Crippen molar-refractivity contribution >= 4 is 23.7 Å². The summed E-state index contributed by atoms with van der Waals surface area (Å²) in [6.45, 7) is 1.77. The van der Waals surface area contributed by atoms with E-state index in [0.717, 1.165) is 0 Å². The van der Waals surface area contributed by atoms with Crippen molar-refractivity contribution < 1.29 is 24.3 Å². The number of carboxylic acids is 1. The average molecular weight is 460 g/mol. The van der Waals surface area contributed by atoms with Gasteiger partial charge in [-0.3, -0.25) is 14.4 Å². The summed E-state index contributed by atoms with van der Waals surface area (Å²) in [6, 6.07) is -3.84. The molecule has 0 saturated carbocycles. The molecular formula is C20H28N8O5. The molecule has 4 atom stereocenters. The van der Waals surface area contributed by atoms with Gasteiger partial charge in [-0.05, 0) is 19.8 Å². The molecule has 178 valence electrons. The van der Waals surface area contributed by atoms with Crippen LogP contribution < -0.4 is 16.4 Å². The lowest BCUT2D eigenvalue weighted by Gasteiger charge is -2.28. The fourth-order valence-corrected chi connectivity index (χ4v) is 3.71. The SMILES string of the molecule is CC(NC(=O)C(N)Cc1cnc[nH]1)C(=O)NC(Cc1cnc[nH]1)C(=O)N1CCCC1C(=O)O. The molecule has 13 heteroatoms. The van der Waals surface area contributed by atoms with E-state index in [1.165, 1.54) is 30.7 Å². The molecule has 0 spiro atoms. The van der Waals surface area contributed by atoms with Crippen molar-refractivity contribution in [2.24, 2.45) is 5.73 Å². The zero-order valence-corrected chi connectivity index (χ0v) is 18.2. The van der Waals surface area contributed by atoms with Gasteiger partial charge in [-0.2, -0.15) is 0 Å². The summed E-state index contributed by atoms with van der Waals surface area (Å²) in [4.78, 5) is 64.6. The van der Waals surface area contributed by atoms with Gasteiger partial charge in [0.05, 0.1) is 18.7 Å². The Kier molecular flexibility index (Phi) is 7.77. The van der Waals surface area contributed by atoms with Crippen molar-refractivity contribution in [1.29, 1.82) is 0 Å². The Morgan fingerprint density at radius 1 is 1.12 bits per heavy atom. The summed E-state index contributed by atoms with van der Waals surface area (Å²) in [5.41, 5.74) is 7.18. The number of carbonyl (C=O) groups is 4. The second-order valence-electron chi connectivity index (χ2n) is 7.99. The topological polar surface area (TPSA) is 199 Å². The highest BCUT2D eigenvalue weighted by molar-refractivity contribution is 5.94. The van der Waals surface area contributed by atoms with Crippen LogP contribution in [-0.2, 0) is 32.0 Å². The van der Waals surface area contributed by atoms with Gasteiger partial charge in [-0.25, -0.2) is 14.8 Å². The molecule has 0 aromatic carbocycles. The molecule has 0 bridgehead atoms. The number of nitrogens with zero attached hydrogens (tertiary/aromatic N) is 3. The monoisotopic (exact) mass is 460 g/mol. The standard InChI is InChI=1S/C20H28N8O5/c1-11(26-18(30)14(21)5-12-7-22-9-24-12)17(29)27-15(6-13-8-23-10-25-13)19(31)28-4-2-3-16(28)20(32)33/h7-11,14-16H,2-6,21H2,1H3,(H,22,24)(H,23,25)(H,26,30)(H,27,29)(H,32,33). The molecular weight excluding hydrogens is 432 g/mol. The zero-order chi connectivity index (χ0) is 24.0. The third-order valence-electron chi connectivity index (χ3n) is 5.50. The van der Waals surface area contributed by atoms with E-state index in [0.29, 0.717) is 30.8 Å². The summed E-state index contributed by atoms with van der Waals surface area (Å²) in [5, 5.41) is 14.6. The van der Waals surface area contributed by atoms with Crippen LogP contribution in [0.4, 0.5) is 0 Å². The number of nitrogens with one attached hydrogen (secondary N) is 4. The van der Waals surface area contributed by atoms with Gasteiger partial charge in [-0.15, -0.1) is 0 Å². The van der Waals surface area contributed by atoms with Gasteiger partial charge in [0.15, 0.2) is 0 Å². The van der Waals surface area contributed by atoms with Gasteiger partial charge in [0.25, 0.3) is 0 Å². The number of carbonyl (C=O) groups excluding carboxylic acids is 3. The average Bonchev–Trinajstić information content (AvgIpc) is 3.54. The second-order valence-corrected chi connectivity index (χ2v) is 7.99. The van der Waals surface area contributed by atoms with E-state index >= 15 is 0 Å². The van der Waals surface area contributed by atoms with Gasteiger partial charge in [-0.1, -0.05) is 0 Å². The second kappa shape index (κ2) is 10.7. The summed E-state index contributed by atoms with van der Waals surface area (Å²) in [7, 11) is 0. The largest absolute Gasteiger partial charge is 0.480 e. The summed E-state index contributed by atoms with van der Waals surface area (Å²) in [6.07, 6.45) is 7.21. The highest BCUT2D eigenvalue weighted by atomic mass is 16.4. The van der Waals surface area contributed by atoms with Gasteiger partial charge in [0.2, 0.25) is 17.7 Å². The summed E-state index contributed by atoms with van der Waals surface area (Å²) >= 11 is 0. The molecule has 0 radical (unpaired) electrons. The van der Waals surface area contributed by atoms with E-state index < -0.39 is 47.9 Å². The van der Waals surface area contributed by atoms with E-state index in [4.69, 9.17) is 5.73 Å². The fraction of sp³-hybridized carbons (Fsp3) is 0.500. The van der Waals surface area contributed by atoms with Gasteiger partial charge in [0, 0.05) is 43.2 Å². The first-order valence-electron chi connectivity index (χ1n) is 10.6. The number of H-pyrrole nitrogens is 2. The molecule has 1 aliphatic heterocycles. The van der Waals surface area contributed by atoms with E-state index in [9.17, 15) is 24.3 Å². The quantitative estimate of drug-likeness (QED) is 0.241. The molecule has 2 aromatic heterocycles. The van der Waals surface area contributed by atoms with Gasteiger partial charge < -0.3 is 36.3 Å². The van der Waals surface area contributed by atoms with E-state index in [-0.39, 0.29) is 12.8 Å². The third-order valence-corrected chi connectivity index (χ3v) is 5.50. The number of aliphatic carboxylic acids is 1. The molecule has 4 unspecified atom stereocenters. The lowest BCUT2D eigenvalue weighted by Crippen LogP contribution is -2.57. The Morgan fingerprint density at radius 3 is 2.33 bits per heavy atom. The lowest BCUT2D eigenvalue weighted by molar-refractivity contribution is -0.149. The molecule has 1 aliphatic rings. The van der Waals surface area contributed by atoms with E-state index in [1.807, 2.05) is 0 Å². The van der Waals surface area contributed by atoms with Gasteiger partial charge in [0.1, 0.15) is 18.1 Å². The zero-order valence-electron chi connectivity index (χ0n) is 18.2. The molecule has 7 N–H and O–H groups in total. The first-order valence-corrected chi connectivity index (χ1v) is 10.6. The molecule has 1 saturated heterocycles. The van der Waals surface area contributed by atoms with Crippen LogP contribution in [0.3, 0.4) is 0 Å². The smallest absolute Gasteiger partial charge is 0.326 e. The van der Waals surface area contributed by atoms with Crippen LogP contribution in [0.15, 0.2) is 25.0 Å². The van der Waals surface area contributed by atoms with Crippen LogP contribution in [0, 0.1) is 0 Å². The predicted octanol–water partition coefficient (Wildman–Crippen LogP) is -1.69. The summed E-state index contributed by atoms with van der Waals surface area (Å²) in [5.74, 6) is -2.72. The van der Waals surface area contributed by atoms with Crippen molar-refractivity contribution in [3.63, 3.8) is 0 Å². The van der Waals surface area contributed by atoms with Crippen molar-refractivity contribution in [2.75, 3.05) is 6.54 Å². The van der Waals surface area contributed by atoms with Crippen molar-refractivity contribution in [2.45, 2.75) is 56.8 Å². The maximum absolute atomic E-state index is 13.1. The lowest BCUT2D eigenvalue weighted by atomic mass is 10.1. The maximum Gasteiger partial charge on any atom is 0.326 e. The number of aromatic nitrogens is 4. The Hall–Kier alpha value is -3.74. The Morgan fingerprint density at radius 2 is 1.76 bits per heavy atom. The number of hydrogen-bond donors (Lipinski definition) is 6. The van der Waals surface area contributed by atoms with Gasteiger partial charge >= 0.3 is 5.97 Å². The number of amides is 3.